The Morgan fingerprint density at radius 3 is 2.43 bits per heavy atom. The van der Waals surface area contributed by atoms with Crippen molar-refractivity contribution < 1.29 is 9.53 Å². The fourth-order valence-corrected chi connectivity index (χ4v) is 3.22. The van der Waals surface area contributed by atoms with Gasteiger partial charge in [0.15, 0.2) is 0 Å². The quantitative estimate of drug-likeness (QED) is 0.798. The van der Waals surface area contributed by atoms with Crippen molar-refractivity contribution in [2.45, 2.75) is 32.8 Å². The molecule has 0 unspecified atom stereocenters. The van der Waals surface area contributed by atoms with E-state index in [2.05, 4.69) is 35.0 Å². The van der Waals surface area contributed by atoms with Crippen molar-refractivity contribution in [1.29, 1.82) is 0 Å². The van der Waals surface area contributed by atoms with E-state index in [1.807, 2.05) is 25.7 Å². The van der Waals surface area contributed by atoms with Gasteiger partial charge in [0.2, 0.25) is 0 Å². The number of benzene rings is 1. The highest BCUT2D eigenvalue weighted by Crippen LogP contribution is 2.31. The minimum Gasteiger partial charge on any atom is -0.444 e. The number of carbonyl (C=O) groups is 1. The van der Waals surface area contributed by atoms with Crippen LogP contribution in [0.5, 0.6) is 0 Å². The summed E-state index contributed by atoms with van der Waals surface area (Å²) in [5.74, 6) is 0. The molecule has 2 aliphatic heterocycles. The normalized spacial score (nSPS) is 18.2. The summed E-state index contributed by atoms with van der Waals surface area (Å²) in [7, 11) is 2.14. The lowest BCUT2D eigenvalue weighted by Crippen LogP contribution is -2.50. The molecule has 5 heteroatoms. The monoisotopic (exact) mass is 317 g/mol. The van der Waals surface area contributed by atoms with Crippen LogP contribution in [0.4, 0.5) is 16.2 Å². The van der Waals surface area contributed by atoms with Crippen molar-refractivity contribution in [2.75, 3.05) is 49.6 Å². The third kappa shape index (κ3) is 3.54. The largest absolute Gasteiger partial charge is 0.444 e. The van der Waals surface area contributed by atoms with Crippen molar-refractivity contribution in [3.05, 3.63) is 23.8 Å². The van der Waals surface area contributed by atoms with Gasteiger partial charge in [-0.2, -0.15) is 0 Å². The highest BCUT2D eigenvalue weighted by atomic mass is 16.6. The van der Waals surface area contributed by atoms with Gasteiger partial charge in [0, 0.05) is 51.1 Å². The lowest BCUT2D eigenvalue weighted by atomic mass is 10.1. The maximum Gasteiger partial charge on any atom is 0.410 e. The zero-order valence-corrected chi connectivity index (χ0v) is 14.6. The second-order valence-corrected chi connectivity index (χ2v) is 7.44. The number of ether oxygens (including phenoxy) is 1. The summed E-state index contributed by atoms with van der Waals surface area (Å²) in [6, 6.07) is 6.73. The average molecular weight is 317 g/mol. The molecule has 1 saturated heterocycles. The van der Waals surface area contributed by atoms with Crippen molar-refractivity contribution in [3.8, 4) is 0 Å². The summed E-state index contributed by atoms with van der Waals surface area (Å²) < 4.78 is 5.45. The van der Waals surface area contributed by atoms with Crippen LogP contribution < -0.4 is 9.80 Å². The number of rotatable bonds is 1. The molecule has 1 amide bonds. The van der Waals surface area contributed by atoms with Gasteiger partial charge in [-0.1, -0.05) is 0 Å². The van der Waals surface area contributed by atoms with E-state index in [0.717, 1.165) is 26.1 Å². The molecule has 0 spiro atoms. The van der Waals surface area contributed by atoms with Gasteiger partial charge in [-0.15, -0.1) is 0 Å². The maximum absolute atomic E-state index is 12.1. The van der Waals surface area contributed by atoms with Gasteiger partial charge >= 0.3 is 6.09 Å². The van der Waals surface area contributed by atoms with E-state index in [4.69, 9.17) is 4.74 Å². The number of nitrogens with zero attached hydrogens (tertiary/aromatic N) is 3. The van der Waals surface area contributed by atoms with Gasteiger partial charge in [-0.25, -0.2) is 4.79 Å². The summed E-state index contributed by atoms with van der Waals surface area (Å²) in [6.07, 6.45) is 0.921. The van der Waals surface area contributed by atoms with Crippen LogP contribution in [0.2, 0.25) is 0 Å². The van der Waals surface area contributed by atoms with E-state index >= 15 is 0 Å². The van der Waals surface area contributed by atoms with Crippen molar-refractivity contribution in [2.24, 2.45) is 0 Å². The van der Waals surface area contributed by atoms with E-state index in [-0.39, 0.29) is 6.09 Å². The Morgan fingerprint density at radius 1 is 1.09 bits per heavy atom. The van der Waals surface area contributed by atoms with Crippen LogP contribution in [-0.4, -0.2) is 56.4 Å². The van der Waals surface area contributed by atoms with Gasteiger partial charge in [-0.05, 0) is 51.0 Å². The molecule has 2 aliphatic rings. The van der Waals surface area contributed by atoms with Gasteiger partial charge in [0.25, 0.3) is 0 Å². The zero-order valence-electron chi connectivity index (χ0n) is 14.6. The van der Waals surface area contributed by atoms with Gasteiger partial charge < -0.3 is 19.4 Å². The first kappa shape index (κ1) is 16.0. The van der Waals surface area contributed by atoms with Gasteiger partial charge in [0.05, 0.1) is 0 Å². The van der Waals surface area contributed by atoms with E-state index < -0.39 is 5.60 Å². The highest BCUT2D eigenvalue weighted by Gasteiger charge is 2.26. The van der Waals surface area contributed by atoms with Gasteiger partial charge in [-0.3, -0.25) is 0 Å². The molecule has 1 aromatic carbocycles. The van der Waals surface area contributed by atoms with Crippen LogP contribution in [0.25, 0.3) is 0 Å². The van der Waals surface area contributed by atoms with Crippen LogP contribution in [0.1, 0.15) is 26.3 Å². The molecule has 0 radical (unpaired) electrons. The van der Waals surface area contributed by atoms with Crippen molar-refractivity contribution >= 4 is 17.5 Å². The number of anilines is 2. The summed E-state index contributed by atoms with van der Waals surface area (Å²) >= 11 is 0. The van der Waals surface area contributed by atoms with E-state index in [1.165, 1.54) is 16.9 Å². The van der Waals surface area contributed by atoms with E-state index in [1.54, 1.807) is 0 Å². The van der Waals surface area contributed by atoms with E-state index in [9.17, 15) is 4.79 Å². The summed E-state index contributed by atoms with van der Waals surface area (Å²) in [5.41, 5.74) is 3.61. The second kappa shape index (κ2) is 5.95. The van der Waals surface area contributed by atoms with Crippen LogP contribution >= 0.6 is 0 Å². The molecule has 0 aliphatic carbocycles. The number of amides is 1. The lowest BCUT2D eigenvalue weighted by Gasteiger charge is -2.37. The average Bonchev–Trinajstić information content (AvgIpc) is 2.87. The van der Waals surface area contributed by atoms with Crippen molar-refractivity contribution in [1.82, 2.24) is 4.90 Å². The zero-order chi connectivity index (χ0) is 16.6. The summed E-state index contributed by atoms with van der Waals surface area (Å²) in [6.45, 7) is 9.96. The molecule has 23 heavy (non-hydrogen) atoms. The molecule has 5 nitrogen and oxygen atoms in total. The molecule has 3 rings (SSSR count). The molecule has 1 aromatic rings. The van der Waals surface area contributed by atoms with Crippen molar-refractivity contribution in [3.63, 3.8) is 0 Å². The number of fused-ring (bicyclic) bond motifs is 1. The fourth-order valence-electron chi connectivity index (χ4n) is 3.22. The van der Waals surface area contributed by atoms with Crippen LogP contribution in [0.15, 0.2) is 18.2 Å². The molecular formula is C18H27N3O2. The predicted octanol–water partition coefficient (Wildman–Crippen LogP) is 2.74. The molecule has 2 heterocycles. The first-order valence-corrected chi connectivity index (χ1v) is 8.40. The van der Waals surface area contributed by atoms with Crippen LogP contribution in [0, 0.1) is 0 Å². The summed E-state index contributed by atoms with van der Waals surface area (Å²) in [5, 5.41) is 0. The molecule has 1 fully saturated rings. The Balaban J connectivity index is 1.60. The van der Waals surface area contributed by atoms with Crippen LogP contribution in [0.3, 0.4) is 0 Å². The Bertz CT molecular complexity index is 586. The number of carbonyl (C=O) groups excluding carboxylic acids is 1. The van der Waals surface area contributed by atoms with Crippen LogP contribution in [-0.2, 0) is 11.2 Å². The SMILES string of the molecule is CN1CCc2cc(N3CCN(C(=O)OC(C)(C)C)CC3)ccc21. The topological polar surface area (TPSA) is 36.0 Å². The number of likely N-dealkylation sites (N-methyl/N-ethyl adjacent to an activating group) is 1. The van der Waals surface area contributed by atoms with Gasteiger partial charge in [0.1, 0.15) is 5.60 Å². The number of hydrogen-bond acceptors (Lipinski definition) is 4. The molecule has 0 atom stereocenters. The fraction of sp³-hybridized carbons (Fsp3) is 0.611. The molecule has 0 aromatic heterocycles. The number of piperazine rings is 1. The molecular weight excluding hydrogens is 290 g/mol. The van der Waals surface area contributed by atoms with E-state index in [0.29, 0.717) is 13.1 Å². The Kier molecular flexibility index (Phi) is 4.13. The third-order valence-corrected chi connectivity index (χ3v) is 4.49. The molecule has 0 bridgehead atoms. The third-order valence-electron chi connectivity index (χ3n) is 4.49. The second-order valence-electron chi connectivity index (χ2n) is 7.44. The smallest absolute Gasteiger partial charge is 0.410 e. The summed E-state index contributed by atoms with van der Waals surface area (Å²) in [4.78, 5) is 18.6. The maximum atomic E-state index is 12.1. The Morgan fingerprint density at radius 2 is 1.78 bits per heavy atom. The minimum absolute atomic E-state index is 0.201. The minimum atomic E-state index is -0.430. The molecule has 0 saturated carbocycles. The first-order chi connectivity index (χ1) is 10.8. The standard InChI is InChI=1S/C18H27N3O2/c1-18(2,3)23-17(22)21-11-9-20(10-12-21)15-5-6-16-14(13-15)7-8-19(16)4/h5-6,13H,7-12H2,1-4H3. The Labute approximate surface area is 138 Å². The first-order valence-electron chi connectivity index (χ1n) is 8.40. The molecule has 126 valence electrons. The highest BCUT2D eigenvalue weighted by molar-refractivity contribution is 5.69. The lowest BCUT2D eigenvalue weighted by molar-refractivity contribution is 0.0240. The Hall–Kier alpha value is -1.91. The molecule has 0 N–H and O–H groups in total. The number of hydrogen-bond donors (Lipinski definition) is 0. The predicted molar refractivity (Wildman–Crippen MR) is 93.4 cm³/mol.